The summed E-state index contributed by atoms with van der Waals surface area (Å²) in [6.07, 6.45) is 2.19. The summed E-state index contributed by atoms with van der Waals surface area (Å²) in [5.74, 6) is -1.55. The number of aliphatic hydroxyl groups excluding tert-OH is 1. The van der Waals surface area contributed by atoms with Crippen molar-refractivity contribution in [2.75, 3.05) is 41.6 Å². The monoisotopic (exact) mass is 551 g/mol. The molecule has 0 aromatic heterocycles. The molecule has 1 amide bonds. The number of amides is 1. The Labute approximate surface area is 232 Å². The summed E-state index contributed by atoms with van der Waals surface area (Å²) in [6, 6.07) is 11.5. The van der Waals surface area contributed by atoms with Crippen LogP contribution in [0.4, 0.5) is 0 Å². The summed E-state index contributed by atoms with van der Waals surface area (Å²) in [4.78, 5) is 13.5. The van der Waals surface area contributed by atoms with Crippen LogP contribution in [-0.4, -0.2) is 67.9 Å². The van der Waals surface area contributed by atoms with Crippen molar-refractivity contribution >= 4 is 12.0 Å². The number of aliphatic hydroxyl groups is 1. The van der Waals surface area contributed by atoms with Gasteiger partial charge in [0.2, 0.25) is 17.4 Å². The predicted molar refractivity (Wildman–Crippen MR) is 148 cm³/mol. The molecule has 40 heavy (non-hydrogen) atoms. The Balaban J connectivity index is 1.82. The number of hydrogen-bond donors (Lipinski definition) is 5. The van der Waals surface area contributed by atoms with Gasteiger partial charge in [-0.05, 0) is 59.5 Å². The van der Waals surface area contributed by atoms with Gasteiger partial charge in [0.15, 0.2) is 23.0 Å². The molecule has 0 saturated heterocycles. The van der Waals surface area contributed by atoms with Crippen LogP contribution in [0.25, 0.3) is 6.08 Å². The molecule has 0 fully saturated rings. The van der Waals surface area contributed by atoms with E-state index in [1.807, 2.05) is 0 Å². The zero-order valence-electron chi connectivity index (χ0n) is 22.7. The molecular formula is C30H33NO9. The van der Waals surface area contributed by atoms with Gasteiger partial charge in [0, 0.05) is 29.5 Å². The third-order valence-corrected chi connectivity index (χ3v) is 7.09. The molecule has 3 aromatic carbocycles. The van der Waals surface area contributed by atoms with Gasteiger partial charge in [0.05, 0.1) is 35.0 Å². The molecule has 5 N–H and O–H groups in total. The lowest BCUT2D eigenvalue weighted by atomic mass is 9.71. The Morgan fingerprint density at radius 2 is 1.45 bits per heavy atom. The number of aromatic hydroxyl groups is 3. The van der Waals surface area contributed by atoms with Crippen LogP contribution in [0.1, 0.15) is 28.2 Å². The largest absolute Gasteiger partial charge is 0.508 e. The molecule has 2 atom stereocenters. The third-order valence-electron chi connectivity index (χ3n) is 7.09. The van der Waals surface area contributed by atoms with E-state index in [0.29, 0.717) is 35.2 Å². The molecule has 1 aliphatic rings. The molecule has 0 aliphatic heterocycles. The van der Waals surface area contributed by atoms with Crippen LogP contribution >= 0.6 is 0 Å². The molecular weight excluding hydrogens is 518 g/mol. The maximum Gasteiger partial charge on any atom is 0.247 e. The zero-order valence-corrected chi connectivity index (χ0v) is 22.7. The summed E-state index contributed by atoms with van der Waals surface area (Å²) in [5.41, 5.74) is 2.88. The highest BCUT2D eigenvalue weighted by atomic mass is 16.5. The number of phenols is 3. The highest BCUT2D eigenvalue weighted by Crippen LogP contribution is 2.53. The average molecular weight is 552 g/mol. The van der Waals surface area contributed by atoms with Crippen molar-refractivity contribution in [2.24, 2.45) is 5.92 Å². The first-order chi connectivity index (χ1) is 19.3. The lowest BCUT2D eigenvalue weighted by Crippen LogP contribution is -2.35. The van der Waals surface area contributed by atoms with E-state index in [9.17, 15) is 25.2 Å². The average Bonchev–Trinajstić information content (AvgIpc) is 2.97. The van der Waals surface area contributed by atoms with E-state index in [2.05, 4.69) is 5.32 Å². The molecule has 10 nitrogen and oxygen atoms in total. The van der Waals surface area contributed by atoms with Gasteiger partial charge in [0.1, 0.15) is 5.75 Å². The molecule has 3 aromatic rings. The number of phenolic OH excluding ortho intramolecular Hbond substituents is 3. The molecule has 0 saturated carbocycles. The molecule has 0 unspecified atom stereocenters. The number of carbonyl (C=O) groups is 1. The van der Waals surface area contributed by atoms with Gasteiger partial charge in [-0.15, -0.1) is 0 Å². The zero-order chi connectivity index (χ0) is 29.0. The number of hydrogen-bond acceptors (Lipinski definition) is 9. The van der Waals surface area contributed by atoms with Gasteiger partial charge < -0.3 is 44.7 Å². The fourth-order valence-corrected chi connectivity index (χ4v) is 5.13. The molecule has 1 aliphatic carbocycles. The standard InChI is InChI=1S/C30H33NO9/c1-37-22-13-18(14-23(38-2)27(22)34)25-21(15-32)20(30(36)31-10-9-16-5-7-19(33)8-6-16)11-17-12-24(39-3)28(35)29(40-4)26(17)25/h5-8,11-14,21,25,32-35H,9-10,15H2,1-4H3,(H,31,36)/t21-,25+/m1/s1. The second-order valence-electron chi connectivity index (χ2n) is 9.28. The number of rotatable bonds is 10. The van der Waals surface area contributed by atoms with E-state index in [4.69, 9.17) is 18.9 Å². The fourth-order valence-electron chi connectivity index (χ4n) is 5.13. The van der Waals surface area contributed by atoms with Crippen molar-refractivity contribution in [3.8, 4) is 40.2 Å². The van der Waals surface area contributed by atoms with Gasteiger partial charge >= 0.3 is 0 Å². The van der Waals surface area contributed by atoms with Crippen LogP contribution in [0, 0.1) is 5.92 Å². The molecule has 0 heterocycles. The topological polar surface area (TPSA) is 147 Å². The number of benzene rings is 3. The number of fused-ring (bicyclic) bond motifs is 1. The molecule has 0 spiro atoms. The van der Waals surface area contributed by atoms with E-state index in [1.165, 1.54) is 28.4 Å². The predicted octanol–water partition coefficient (Wildman–Crippen LogP) is 3.33. The summed E-state index contributed by atoms with van der Waals surface area (Å²) < 4.78 is 21.7. The third kappa shape index (κ3) is 5.30. The van der Waals surface area contributed by atoms with Crippen LogP contribution in [0.3, 0.4) is 0 Å². The van der Waals surface area contributed by atoms with Crippen molar-refractivity contribution in [3.05, 3.63) is 70.3 Å². The minimum absolute atomic E-state index is 0.131. The first-order valence-electron chi connectivity index (χ1n) is 12.6. The van der Waals surface area contributed by atoms with Crippen molar-refractivity contribution < 1.29 is 44.2 Å². The van der Waals surface area contributed by atoms with Gasteiger partial charge in [-0.25, -0.2) is 0 Å². The minimum atomic E-state index is -0.762. The Bertz CT molecular complexity index is 1390. The lowest BCUT2D eigenvalue weighted by molar-refractivity contribution is -0.118. The SMILES string of the molecule is COc1cc([C@@H]2c3c(cc(OC)c(O)c3OC)C=C(C(=O)NCCc3ccc(O)cc3)[C@H]2CO)cc(OC)c1O. The number of methoxy groups -OCH3 is 4. The van der Waals surface area contributed by atoms with Crippen LogP contribution in [0.5, 0.6) is 40.2 Å². The fraction of sp³-hybridized carbons (Fsp3) is 0.300. The maximum absolute atomic E-state index is 13.5. The molecule has 10 heteroatoms. The second-order valence-corrected chi connectivity index (χ2v) is 9.28. The van der Waals surface area contributed by atoms with E-state index in [0.717, 1.165) is 5.56 Å². The van der Waals surface area contributed by atoms with E-state index < -0.39 is 18.4 Å². The second kappa shape index (κ2) is 12.1. The highest BCUT2D eigenvalue weighted by Gasteiger charge is 2.40. The minimum Gasteiger partial charge on any atom is -0.508 e. The van der Waals surface area contributed by atoms with Gasteiger partial charge in [-0.1, -0.05) is 12.1 Å². The van der Waals surface area contributed by atoms with Crippen molar-refractivity contribution in [3.63, 3.8) is 0 Å². The van der Waals surface area contributed by atoms with Gasteiger partial charge in [-0.2, -0.15) is 0 Å². The Hall–Kier alpha value is -4.57. The Kier molecular flexibility index (Phi) is 8.59. The summed E-state index contributed by atoms with van der Waals surface area (Å²) in [7, 11) is 5.63. The van der Waals surface area contributed by atoms with Crippen LogP contribution in [0.15, 0.2) is 48.0 Å². The maximum atomic E-state index is 13.5. The van der Waals surface area contributed by atoms with Crippen molar-refractivity contribution in [1.82, 2.24) is 5.32 Å². The smallest absolute Gasteiger partial charge is 0.247 e. The van der Waals surface area contributed by atoms with Gasteiger partial charge in [-0.3, -0.25) is 4.79 Å². The van der Waals surface area contributed by atoms with E-state index >= 15 is 0 Å². The number of ether oxygens (including phenoxy) is 4. The van der Waals surface area contributed by atoms with Crippen LogP contribution < -0.4 is 24.3 Å². The van der Waals surface area contributed by atoms with Crippen molar-refractivity contribution in [1.29, 1.82) is 0 Å². The van der Waals surface area contributed by atoms with Crippen LogP contribution in [0.2, 0.25) is 0 Å². The van der Waals surface area contributed by atoms with Crippen LogP contribution in [-0.2, 0) is 11.2 Å². The molecule has 212 valence electrons. The summed E-state index contributed by atoms with van der Waals surface area (Å²) >= 11 is 0. The molecule has 0 bridgehead atoms. The summed E-state index contributed by atoms with van der Waals surface area (Å²) in [5, 5.41) is 44.5. The Morgan fingerprint density at radius 1 is 0.850 bits per heavy atom. The quantitative estimate of drug-likeness (QED) is 0.256. The molecule has 0 radical (unpaired) electrons. The highest BCUT2D eigenvalue weighted by molar-refractivity contribution is 6.00. The molecule has 4 rings (SSSR count). The van der Waals surface area contributed by atoms with Crippen molar-refractivity contribution in [2.45, 2.75) is 12.3 Å². The normalized spacial score (nSPS) is 16.0. The van der Waals surface area contributed by atoms with Gasteiger partial charge in [0.25, 0.3) is 0 Å². The summed E-state index contributed by atoms with van der Waals surface area (Å²) in [6.45, 7) is -0.0948. The van der Waals surface area contributed by atoms with E-state index in [-0.39, 0.29) is 46.2 Å². The van der Waals surface area contributed by atoms with E-state index in [1.54, 1.807) is 48.5 Å². The lowest BCUT2D eigenvalue weighted by Gasteiger charge is -2.35. The first kappa shape index (κ1) is 28.4. The Morgan fingerprint density at radius 3 is 2.00 bits per heavy atom. The number of carbonyl (C=O) groups excluding carboxylic acids is 1. The first-order valence-corrected chi connectivity index (χ1v) is 12.6. The number of nitrogens with one attached hydrogen (secondary N) is 1.